The molecule has 0 bridgehead atoms. The predicted molar refractivity (Wildman–Crippen MR) is 65.3 cm³/mol. The van der Waals surface area contributed by atoms with Crippen molar-refractivity contribution < 1.29 is 9.53 Å². The highest BCUT2D eigenvalue weighted by Gasteiger charge is 2.34. The van der Waals surface area contributed by atoms with Gasteiger partial charge in [-0.3, -0.25) is 4.79 Å². The Morgan fingerprint density at radius 2 is 2.12 bits per heavy atom. The maximum absolute atomic E-state index is 11.6. The van der Waals surface area contributed by atoms with Crippen molar-refractivity contribution in [2.24, 2.45) is 0 Å². The summed E-state index contributed by atoms with van der Waals surface area (Å²) >= 11 is 3.40. The second kappa shape index (κ2) is 4.97. The number of rotatable bonds is 2. The lowest BCUT2D eigenvalue weighted by Crippen LogP contribution is -2.35. The van der Waals surface area contributed by atoms with Crippen molar-refractivity contribution in [1.82, 2.24) is 5.32 Å². The van der Waals surface area contributed by atoms with Crippen molar-refractivity contribution in [1.29, 1.82) is 0 Å². The van der Waals surface area contributed by atoms with Crippen molar-refractivity contribution in [3.63, 3.8) is 0 Å². The minimum Gasteiger partial charge on any atom is -0.468 e. The van der Waals surface area contributed by atoms with Crippen LogP contribution in [0.1, 0.15) is 17.9 Å². The Kier molecular flexibility index (Phi) is 3.61. The number of nitrogens with one attached hydrogen (secondary N) is 1. The van der Waals surface area contributed by atoms with E-state index in [1.165, 1.54) is 12.7 Å². The summed E-state index contributed by atoms with van der Waals surface area (Å²) < 4.78 is 5.85. The van der Waals surface area contributed by atoms with E-state index in [4.69, 9.17) is 4.74 Å². The summed E-state index contributed by atoms with van der Waals surface area (Å²) in [6, 6.07) is 7.91. The Balaban J connectivity index is 2.19. The van der Waals surface area contributed by atoms with Crippen molar-refractivity contribution in [2.75, 3.05) is 13.7 Å². The first kappa shape index (κ1) is 11.6. The van der Waals surface area contributed by atoms with E-state index in [-0.39, 0.29) is 17.9 Å². The standard InChI is InChI=1S/C12H14BrNO2/c1-16-12(15)11-10(6-7-14-11)8-2-4-9(13)5-3-8/h2-5,10-11,14H,6-7H2,1H3/t10-,11+/m0/s1. The molecular weight excluding hydrogens is 270 g/mol. The van der Waals surface area contributed by atoms with Crippen LogP contribution in [-0.2, 0) is 9.53 Å². The summed E-state index contributed by atoms with van der Waals surface area (Å²) in [5.41, 5.74) is 1.18. The Labute approximate surface area is 103 Å². The third kappa shape index (κ3) is 2.28. The lowest BCUT2D eigenvalue weighted by molar-refractivity contribution is -0.143. The van der Waals surface area contributed by atoms with Gasteiger partial charge in [0.1, 0.15) is 6.04 Å². The Morgan fingerprint density at radius 1 is 1.44 bits per heavy atom. The van der Waals surface area contributed by atoms with Gasteiger partial charge in [-0.2, -0.15) is 0 Å². The molecule has 0 aromatic heterocycles. The second-order valence-electron chi connectivity index (χ2n) is 3.90. The van der Waals surface area contributed by atoms with E-state index in [0.717, 1.165) is 17.4 Å². The van der Waals surface area contributed by atoms with Crippen molar-refractivity contribution in [3.05, 3.63) is 34.3 Å². The summed E-state index contributed by atoms with van der Waals surface area (Å²) in [6.07, 6.45) is 0.974. The lowest BCUT2D eigenvalue weighted by atomic mass is 9.92. The van der Waals surface area contributed by atoms with Crippen LogP contribution in [-0.4, -0.2) is 25.7 Å². The van der Waals surface area contributed by atoms with Crippen LogP contribution < -0.4 is 5.32 Å². The number of halogens is 1. The van der Waals surface area contributed by atoms with E-state index in [0.29, 0.717) is 0 Å². The molecule has 0 spiro atoms. The molecule has 2 rings (SSSR count). The number of carbonyl (C=O) groups excluding carboxylic acids is 1. The highest BCUT2D eigenvalue weighted by atomic mass is 79.9. The number of hydrogen-bond acceptors (Lipinski definition) is 3. The van der Waals surface area contributed by atoms with Gasteiger partial charge in [0.05, 0.1) is 7.11 Å². The number of carbonyl (C=O) groups is 1. The smallest absolute Gasteiger partial charge is 0.323 e. The van der Waals surface area contributed by atoms with E-state index < -0.39 is 0 Å². The maximum atomic E-state index is 11.6. The molecule has 2 atom stereocenters. The fourth-order valence-electron chi connectivity index (χ4n) is 2.15. The molecule has 0 aliphatic carbocycles. The zero-order valence-corrected chi connectivity index (χ0v) is 10.7. The van der Waals surface area contributed by atoms with Crippen LogP contribution in [0.4, 0.5) is 0 Å². The molecule has 1 aliphatic rings. The van der Waals surface area contributed by atoms with E-state index in [9.17, 15) is 4.79 Å². The van der Waals surface area contributed by atoms with Crippen LogP contribution in [0.2, 0.25) is 0 Å². The molecule has 0 unspecified atom stereocenters. The second-order valence-corrected chi connectivity index (χ2v) is 4.82. The summed E-state index contributed by atoms with van der Waals surface area (Å²) in [7, 11) is 1.43. The quantitative estimate of drug-likeness (QED) is 0.845. The van der Waals surface area contributed by atoms with Crippen LogP contribution in [0.25, 0.3) is 0 Å². The monoisotopic (exact) mass is 283 g/mol. The molecule has 0 amide bonds. The molecule has 86 valence electrons. The summed E-state index contributed by atoms with van der Waals surface area (Å²) in [5.74, 6) is 0.0472. The third-order valence-corrected chi connectivity index (χ3v) is 3.50. The number of methoxy groups -OCH3 is 1. The maximum Gasteiger partial charge on any atom is 0.323 e. The summed E-state index contributed by atoms with van der Waals surface area (Å²) in [6.45, 7) is 0.862. The van der Waals surface area contributed by atoms with Crippen LogP contribution in [0.3, 0.4) is 0 Å². The number of esters is 1. The van der Waals surface area contributed by atoms with Gasteiger partial charge in [0.15, 0.2) is 0 Å². The molecule has 1 aliphatic heterocycles. The van der Waals surface area contributed by atoms with Crippen LogP contribution >= 0.6 is 15.9 Å². The molecule has 1 fully saturated rings. The molecule has 0 radical (unpaired) electrons. The van der Waals surface area contributed by atoms with Gasteiger partial charge in [-0.05, 0) is 30.7 Å². The molecule has 1 aromatic carbocycles. The Hall–Kier alpha value is -0.870. The fourth-order valence-corrected chi connectivity index (χ4v) is 2.41. The predicted octanol–water partition coefficient (Wildman–Crippen LogP) is 2.07. The zero-order valence-electron chi connectivity index (χ0n) is 9.07. The molecular formula is C12H14BrNO2. The molecule has 0 saturated carbocycles. The summed E-state index contributed by atoms with van der Waals surface area (Å²) in [5, 5.41) is 3.18. The molecule has 1 saturated heterocycles. The van der Waals surface area contributed by atoms with Crippen molar-refractivity contribution in [2.45, 2.75) is 18.4 Å². The third-order valence-electron chi connectivity index (χ3n) is 2.98. The number of ether oxygens (including phenoxy) is 1. The number of benzene rings is 1. The van der Waals surface area contributed by atoms with Gasteiger partial charge in [0.25, 0.3) is 0 Å². The Bertz CT molecular complexity index is 377. The average molecular weight is 284 g/mol. The SMILES string of the molecule is COC(=O)[C@@H]1NCC[C@H]1c1ccc(Br)cc1. The molecule has 1 heterocycles. The molecule has 1 aromatic rings. The van der Waals surface area contributed by atoms with Crippen molar-refractivity contribution >= 4 is 21.9 Å². The molecule has 16 heavy (non-hydrogen) atoms. The first-order chi connectivity index (χ1) is 7.72. The first-order valence-corrected chi connectivity index (χ1v) is 6.08. The largest absolute Gasteiger partial charge is 0.468 e. The van der Waals surface area contributed by atoms with Crippen molar-refractivity contribution in [3.8, 4) is 0 Å². The van der Waals surface area contributed by atoms with E-state index in [1.54, 1.807) is 0 Å². The van der Waals surface area contributed by atoms with Gasteiger partial charge >= 0.3 is 5.97 Å². The van der Waals surface area contributed by atoms with E-state index in [2.05, 4.69) is 33.4 Å². The van der Waals surface area contributed by atoms with Gasteiger partial charge in [0.2, 0.25) is 0 Å². The average Bonchev–Trinajstić information content (AvgIpc) is 2.78. The highest BCUT2D eigenvalue weighted by molar-refractivity contribution is 9.10. The van der Waals surface area contributed by atoms with Gasteiger partial charge in [-0.1, -0.05) is 28.1 Å². The van der Waals surface area contributed by atoms with Crippen LogP contribution in [0.5, 0.6) is 0 Å². The fraction of sp³-hybridized carbons (Fsp3) is 0.417. The Morgan fingerprint density at radius 3 is 2.75 bits per heavy atom. The lowest BCUT2D eigenvalue weighted by Gasteiger charge is -2.17. The number of hydrogen-bond donors (Lipinski definition) is 1. The van der Waals surface area contributed by atoms with Crippen LogP contribution in [0, 0.1) is 0 Å². The van der Waals surface area contributed by atoms with Gasteiger partial charge in [0, 0.05) is 10.4 Å². The minimum atomic E-state index is -0.203. The highest BCUT2D eigenvalue weighted by Crippen LogP contribution is 2.29. The molecule has 4 heteroatoms. The topological polar surface area (TPSA) is 38.3 Å². The van der Waals surface area contributed by atoms with Crippen LogP contribution in [0.15, 0.2) is 28.7 Å². The van der Waals surface area contributed by atoms with Gasteiger partial charge in [-0.25, -0.2) is 0 Å². The normalized spacial score (nSPS) is 24.4. The van der Waals surface area contributed by atoms with E-state index in [1.807, 2.05) is 12.1 Å². The van der Waals surface area contributed by atoms with E-state index >= 15 is 0 Å². The van der Waals surface area contributed by atoms with Gasteiger partial charge < -0.3 is 10.1 Å². The molecule has 3 nitrogen and oxygen atoms in total. The zero-order chi connectivity index (χ0) is 11.5. The molecule has 1 N–H and O–H groups in total. The summed E-state index contributed by atoms with van der Waals surface area (Å²) in [4.78, 5) is 11.6. The first-order valence-electron chi connectivity index (χ1n) is 5.29. The minimum absolute atomic E-state index is 0.176. The van der Waals surface area contributed by atoms with Gasteiger partial charge in [-0.15, -0.1) is 0 Å².